The van der Waals surface area contributed by atoms with Gasteiger partial charge in [-0.15, -0.1) is 0 Å². The number of pyridine rings is 1. The Balaban J connectivity index is 1.39. The number of H-pyrrole nitrogens is 1. The van der Waals surface area contributed by atoms with Gasteiger partial charge in [0.2, 0.25) is 0 Å². The fourth-order valence-corrected chi connectivity index (χ4v) is 3.64. The van der Waals surface area contributed by atoms with Crippen LogP contribution in [-0.4, -0.2) is 40.3 Å². The van der Waals surface area contributed by atoms with Crippen LogP contribution in [0.5, 0.6) is 0 Å². The Bertz CT molecular complexity index is 1040. The van der Waals surface area contributed by atoms with E-state index < -0.39 is 17.8 Å². The molecule has 2 amide bonds. The number of aromatic amines is 1. The number of carbonyl (C=O) groups is 1. The van der Waals surface area contributed by atoms with Gasteiger partial charge in [-0.05, 0) is 37.1 Å². The SMILES string of the molecule is O=C(Nc1ccccc1C(F)(F)F)N[C@H]1CCCN(c2cc(-c3ccncc3)[nH]n2)C1. The molecule has 1 atom stereocenters. The van der Waals surface area contributed by atoms with Crippen molar-refractivity contribution in [1.82, 2.24) is 20.5 Å². The van der Waals surface area contributed by atoms with E-state index in [1.165, 1.54) is 18.2 Å². The number of nitrogens with one attached hydrogen (secondary N) is 3. The zero-order valence-electron chi connectivity index (χ0n) is 16.5. The Morgan fingerprint density at radius 3 is 2.71 bits per heavy atom. The van der Waals surface area contributed by atoms with E-state index in [1.54, 1.807) is 12.4 Å². The average Bonchev–Trinajstić information content (AvgIpc) is 3.24. The van der Waals surface area contributed by atoms with Gasteiger partial charge in [-0.25, -0.2) is 4.79 Å². The molecule has 10 heteroatoms. The first kappa shape index (κ1) is 20.7. The molecule has 162 valence electrons. The summed E-state index contributed by atoms with van der Waals surface area (Å²) in [7, 11) is 0. The lowest BCUT2D eigenvalue weighted by Gasteiger charge is -2.33. The first-order valence-electron chi connectivity index (χ1n) is 9.84. The summed E-state index contributed by atoms with van der Waals surface area (Å²) in [6, 6.07) is 9.71. The lowest BCUT2D eigenvalue weighted by atomic mass is 10.1. The summed E-state index contributed by atoms with van der Waals surface area (Å²) in [6.07, 6.45) is 0.407. The second kappa shape index (κ2) is 8.66. The van der Waals surface area contributed by atoms with E-state index in [0.717, 1.165) is 42.5 Å². The van der Waals surface area contributed by atoms with E-state index >= 15 is 0 Å². The highest BCUT2D eigenvalue weighted by Gasteiger charge is 2.33. The third-order valence-electron chi connectivity index (χ3n) is 5.12. The van der Waals surface area contributed by atoms with Crippen LogP contribution in [0.3, 0.4) is 0 Å². The second-order valence-corrected chi connectivity index (χ2v) is 7.30. The van der Waals surface area contributed by atoms with E-state index in [0.29, 0.717) is 6.54 Å². The van der Waals surface area contributed by atoms with Crippen LogP contribution in [0.2, 0.25) is 0 Å². The Labute approximate surface area is 176 Å². The van der Waals surface area contributed by atoms with Gasteiger partial charge in [-0.2, -0.15) is 18.3 Å². The first-order chi connectivity index (χ1) is 14.9. The molecule has 3 heterocycles. The molecule has 1 aliphatic heterocycles. The van der Waals surface area contributed by atoms with Gasteiger partial charge >= 0.3 is 12.2 Å². The maximum atomic E-state index is 13.1. The van der Waals surface area contributed by atoms with Crippen LogP contribution >= 0.6 is 0 Å². The minimum atomic E-state index is -4.54. The number of alkyl halides is 3. The van der Waals surface area contributed by atoms with Crippen molar-refractivity contribution in [2.45, 2.75) is 25.1 Å². The van der Waals surface area contributed by atoms with Crippen molar-refractivity contribution in [2.75, 3.05) is 23.3 Å². The zero-order chi connectivity index (χ0) is 21.8. The van der Waals surface area contributed by atoms with Gasteiger partial charge in [0.15, 0.2) is 5.82 Å². The van der Waals surface area contributed by atoms with Crippen molar-refractivity contribution in [3.05, 3.63) is 60.4 Å². The fraction of sp³-hybridized carbons (Fsp3) is 0.286. The molecule has 7 nitrogen and oxygen atoms in total. The quantitative estimate of drug-likeness (QED) is 0.577. The van der Waals surface area contributed by atoms with Crippen LogP contribution in [0.25, 0.3) is 11.3 Å². The minimum Gasteiger partial charge on any atom is -0.353 e. The number of urea groups is 1. The van der Waals surface area contributed by atoms with E-state index in [2.05, 4.69) is 25.8 Å². The lowest BCUT2D eigenvalue weighted by Crippen LogP contribution is -2.49. The molecule has 3 N–H and O–H groups in total. The molecule has 0 saturated carbocycles. The number of carbonyl (C=O) groups excluding carboxylic acids is 1. The van der Waals surface area contributed by atoms with Crippen molar-refractivity contribution in [3.8, 4) is 11.3 Å². The highest BCUT2D eigenvalue weighted by Crippen LogP contribution is 2.34. The van der Waals surface area contributed by atoms with Crippen LogP contribution < -0.4 is 15.5 Å². The topological polar surface area (TPSA) is 85.9 Å². The number of para-hydroxylation sites is 1. The number of hydrogen-bond acceptors (Lipinski definition) is 4. The van der Waals surface area contributed by atoms with Gasteiger partial charge in [-0.3, -0.25) is 10.1 Å². The average molecular weight is 430 g/mol. The smallest absolute Gasteiger partial charge is 0.353 e. The first-order valence-corrected chi connectivity index (χ1v) is 9.84. The van der Waals surface area contributed by atoms with E-state index in [4.69, 9.17) is 0 Å². The van der Waals surface area contributed by atoms with E-state index in [1.807, 2.05) is 23.1 Å². The van der Waals surface area contributed by atoms with E-state index in [-0.39, 0.29) is 11.7 Å². The second-order valence-electron chi connectivity index (χ2n) is 7.30. The molecule has 0 spiro atoms. The summed E-state index contributed by atoms with van der Waals surface area (Å²) in [5, 5.41) is 12.5. The Hall–Kier alpha value is -3.56. The third kappa shape index (κ3) is 4.96. The fourth-order valence-electron chi connectivity index (χ4n) is 3.64. The summed E-state index contributed by atoms with van der Waals surface area (Å²) in [6.45, 7) is 1.28. The molecule has 0 aliphatic carbocycles. The predicted molar refractivity (Wildman–Crippen MR) is 111 cm³/mol. The molecule has 0 bridgehead atoms. The molecule has 3 aromatic rings. The number of piperidine rings is 1. The highest BCUT2D eigenvalue weighted by atomic mass is 19.4. The van der Waals surface area contributed by atoms with Crippen LogP contribution in [0.4, 0.5) is 29.5 Å². The zero-order valence-corrected chi connectivity index (χ0v) is 16.5. The normalized spacial score (nSPS) is 16.7. The molecule has 1 fully saturated rings. The summed E-state index contributed by atoms with van der Waals surface area (Å²) >= 11 is 0. The Morgan fingerprint density at radius 2 is 1.94 bits per heavy atom. The molecule has 0 unspecified atom stereocenters. The number of rotatable bonds is 4. The van der Waals surface area contributed by atoms with E-state index in [9.17, 15) is 18.0 Å². The van der Waals surface area contributed by atoms with Crippen molar-refractivity contribution >= 4 is 17.5 Å². The van der Waals surface area contributed by atoms with Crippen LogP contribution in [0, 0.1) is 0 Å². The Morgan fingerprint density at radius 1 is 1.16 bits per heavy atom. The number of benzene rings is 1. The lowest BCUT2D eigenvalue weighted by molar-refractivity contribution is -0.136. The van der Waals surface area contributed by atoms with Crippen LogP contribution in [0.15, 0.2) is 54.9 Å². The van der Waals surface area contributed by atoms with Crippen molar-refractivity contribution < 1.29 is 18.0 Å². The standard InChI is InChI=1S/C21H21F3N6O/c22-21(23,24)16-5-1-2-6-17(16)27-20(31)26-15-4-3-11-30(13-15)19-12-18(28-29-19)14-7-9-25-10-8-14/h1-2,5-10,12,15H,3-4,11,13H2,(H,28,29)(H2,26,27,31)/t15-/m0/s1. The molecule has 0 radical (unpaired) electrons. The summed E-state index contributed by atoms with van der Waals surface area (Å²) in [5.41, 5.74) is 0.669. The summed E-state index contributed by atoms with van der Waals surface area (Å²) in [4.78, 5) is 18.4. The largest absolute Gasteiger partial charge is 0.418 e. The predicted octanol–water partition coefficient (Wildman–Crippen LogP) is 4.28. The highest BCUT2D eigenvalue weighted by molar-refractivity contribution is 5.90. The molecule has 4 rings (SSSR count). The van der Waals surface area contributed by atoms with Gasteiger partial charge < -0.3 is 15.5 Å². The number of hydrogen-bond donors (Lipinski definition) is 3. The van der Waals surface area contributed by atoms with Gasteiger partial charge in [-0.1, -0.05) is 12.1 Å². The van der Waals surface area contributed by atoms with Crippen molar-refractivity contribution in [1.29, 1.82) is 0 Å². The molecule has 1 aromatic carbocycles. The number of aromatic nitrogens is 3. The number of anilines is 2. The molecular weight excluding hydrogens is 409 g/mol. The van der Waals surface area contributed by atoms with Gasteiger partial charge in [0.05, 0.1) is 16.9 Å². The number of amides is 2. The molecule has 1 aliphatic rings. The third-order valence-corrected chi connectivity index (χ3v) is 5.12. The maximum absolute atomic E-state index is 13.1. The Kier molecular flexibility index (Phi) is 5.79. The number of halogens is 3. The van der Waals surface area contributed by atoms with Crippen molar-refractivity contribution in [3.63, 3.8) is 0 Å². The molecule has 31 heavy (non-hydrogen) atoms. The molecule has 2 aromatic heterocycles. The van der Waals surface area contributed by atoms with Gasteiger partial charge in [0.25, 0.3) is 0 Å². The van der Waals surface area contributed by atoms with Gasteiger partial charge in [0.1, 0.15) is 0 Å². The van der Waals surface area contributed by atoms with Crippen LogP contribution in [-0.2, 0) is 6.18 Å². The maximum Gasteiger partial charge on any atom is 0.418 e. The molecular formula is C21H21F3N6O. The van der Waals surface area contributed by atoms with Crippen LogP contribution in [0.1, 0.15) is 18.4 Å². The monoisotopic (exact) mass is 430 g/mol. The van der Waals surface area contributed by atoms with Crippen molar-refractivity contribution in [2.24, 2.45) is 0 Å². The summed E-state index contributed by atoms with van der Waals surface area (Å²) in [5.74, 6) is 0.751. The van der Waals surface area contributed by atoms with Gasteiger partial charge in [0, 0.05) is 43.2 Å². The summed E-state index contributed by atoms with van der Waals surface area (Å²) < 4.78 is 39.4. The minimum absolute atomic E-state index is 0.215. The number of nitrogens with zero attached hydrogens (tertiary/aromatic N) is 3. The molecule has 1 saturated heterocycles.